The number of carbonyl (C=O) groups excluding carboxylic acids is 2. The number of anilines is 1. The zero-order valence-corrected chi connectivity index (χ0v) is 15.7. The van der Waals surface area contributed by atoms with E-state index >= 15 is 0 Å². The number of nitrogens with zero attached hydrogens (tertiary/aromatic N) is 2. The fourth-order valence-electron chi connectivity index (χ4n) is 3.85. The standard InChI is InChI=1S/C20H29N3O3/c1-3-26-20(25)22-12-10-17(11-13-22)21-19(24)14-23-15(2)8-9-16-6-4-5-7-18(16)23/h4-7,15,17H,3,8-14H2,1-2H3,(H,21,24)/t15-/m0/s1. The molecule has 2 aliphatic rings. The lowest BCUT2D eigenvalue weighted by Crippen LogP contribution is -2.50. The number of aryl methyl sites for hydroxylation is 1. The van der Waals surface area contributed by atoms with E-state index in [1.165, 1.54) is 11.3 Å². The van der Waals surface area contributed by atoms with Gasteiger partial charge in [-0.25, -0.2) is 4.79 Å². The lowest BCUT2D eigenvalue weighted by atomic mass is 9.96. The van der Waals surface area contributed by atoms with Crippen molar-refractivity contribution in [3.05, 3.63) is 29.8 Å². The summed E-state index contributed by atoms with van der Waals surface area (Å²) in [6.07, 6.45) is 3.44. The maximum Gasteiger partial charge on any atom is 0.409 e. The van der Waals surface area contributed by atoms with Crippen LogP contribution in [0.5, 0.6) is 0 Å². The minimum absolute atomic E-state index is 0.0585. The molecule has 0 bridgehead atoms. The van der Waals surface area contributed by atoms with Crippen LogP contribution in [0.25, 0.3) is 0 Å². The summed E-state index contributed by atoms with van der Waals surface area (Å²) in [5.41, 5.74) is 2.50. The van der Waals surface area contributed by atoms with Crippen LogP contribution in [0.15, 0.2) is 24.3 Å². The summed E-state index contributed by atoms with van der Waals surface area (Å²) in [6.45, 7) is 6.03. The van der Waals surface area contributed by atoms with Crippen LogP contribution in [0.2, 0.25) is 0 Å². The van der Waals surface area contributed by atoms with E-state index in [4.69, 9.17) is 4.74 Å². The van der Waals surface area contributed by atoms with Gasteiger partial charge in [-0.1, -0.05) is 18.2 Å². The van der Waals surface area contributed by atoms with Crippen LogP contribution in [-0.2, 0) is 16.0 Å². The zero-order valence-electron chi connectivity index (χ0n) is 15.7. The zero-order chi connectivity index (χ0) is 18.5. The Balaban J connectivity index is 1.51. The number of ether oxygens (including phenoxy) is 1. The van der Waals surface area contributed by atoms with Gasteiger partial charge in [0.1, 0.15) is 0 Å². The highest BCUT2D eigenvalue weighted by Crippen LogP contribution is 2.30. The molecule has 0 aromatic heterocycles. The number of nitrogens with one attached hydrogen (secondary N) is 1. The molecule has 2 heterocycles. The van der Waals surface area contributed by atoms with Crippen LogP contribution >= 0.6 is 0 Å². The van der Waals surface area contributed by atoms with Crippen molar-refractivity contribution in [1.29, 1.82) is 0 Å². The lowest BCUT2D eigenvalue weighted by Gasteiger charge is -2.37. The second-order valence-corrected chi connectivity index (χ2v) is 7.17. The van der Waals surface area contributed by atoms with Gasteiger partial charge in [-0.3, -0.25) is 4.79 Å². The molecule has 142 valence electrons. The van der Waals surface area contributed by atoms with Gasteiger partial charge in [-0.2, -0.15) is 0 Å². The van der Waals surface area contributed by atoms with E-state index < -0.39 is 0 Å². The Labute approximate surface area is 155 Å². The Morgan fingerprint density at radius 2 is 1.92 bits per heavy atom. The molecule has 26 heavy (non-hydrogen) atoms. The third kappa shape index (κ3) is 4.29. The number of likely N-dealkylation sites (tertiary alicyclic amines) is 1. The normalized spacial score (nSPS) is 20.5. The molecule has 6 heteroatoms. The van der Waals surface area contributed by atoms with Crippen LogP contribution < -0.4 is 10.2 Å². The van der Waals surface area contributed by atoms with E-state index in [-0.39, 0.29) is 18.0 Å². The largest absolute Gasteiger partial charge is 0.450 e. The van der Waals surface area contributed by atoms with E-state index in [2.05, 4.69) is 35.3 Å². The molecule has 1 aromatic carbocycles. The molecule has 0 saturated carbocycles. The molecule has 2 amide bonds. The summed E-state index contributed by atoms with van der Waals surface area (Å²) in [4.78, 5) is 28.3. The molecule has 0 aliphatic carbocycles. The maximum absolute atomic E-state index is 12.6. The maximum atomic E-state index is 12.6. The molecule has 0 radical (unpaired) electrons. The first-order valence-corrected chi connectivity index (χ1v) is 9.64. The molecule has 1 saturated heterocycles. The van der Waals surface area contributed by atoms with Gasteiger partial charge >= 0.3 is 6.09 Å². The SMILES string of the molecule is CCOC(=O)N1CCC(NC(=O)CN2c3ccccc3CC[C@@H]2C)CC1. The van der Waals surface area contributed by atoms with Crippen molar-refractivity contribution in [2.75, 3.05) is 31.1 Å². The molecular weight excluding hydrogens is 330 g/mol. The lowest BCUT2D eigenvalue weighted by molar-refractivity contribution is -0.120. The van der Waals surface area contributed by atoms with Crippen LogP contribution in [0.4, 0.5) is 10.5 Å². The highest BCUT2D eigenvalue weighted by Gasteiger charge is 2.27. The van der Waals surface area contributed by atoms with Crippen LogP contribution in [0.3, 0.4) is 0 Å². The van der Waals surface area contributed by atoms with Gasteiger partial charge in [0.2, 0.25) is 5.91 Å². The average molecular weight is 359 g/mol. The second kappa shape index (κ2) is 8.43. The van der Waals surface area contributed by atoms with Crippen molar-refractivity contribution >= 4 is 17.7 Å². The van der Waals surface area contributed by atoms with Crippen molar-refractivity contribution in [2.24, 2.45) is 0 Å². The number of rotatable bonds is 4. The Morgan fingerprint density at radius 3 is 2.65 bits per heavy atom. The van der Waals surface area contributed by atoms with Gasteiger partial charge in [0, 0.05) is 30.9 Å². The van der Waals surface area contributed by atoms with Gasteiger partial charge in [0.05, 0.1) is 13.2 Å². The Morgan fingerprint density at radius 1 is 1.19 bits per heavy atom. The van der Waals surface area contributed by atoms with Crippen LogP contribution in [0.1, 0.15) is 38.7 Å². The number of amides is 2. The summed E-state index contributed by atoms with van der Waals surface area (Å²) in [7, 11) is 0. The van der Waals surface area contributed by atoms with Gasteiger partial charge in [-0.15, -0.1) is 0 Å². The number of piperidine rings is 1. The predicted octanol–water partition coefficient (Wildman–Crippen LogP) is 2.56. The molecule has 0 spiro atoms. The van der Waals surface area contributed by atoms with Crippen molar-refractivity contribution < 1.29 is 14.3 Å². The van der Waals surface area contributed by atoms with Gasteiger partial charge in [-0.05, 0) is 51.2 Å². The second-order valence-electron chi connectivity index (χ2n) is 7.17. The number of carbonyl (C=O) groups is 2. The number of fused-ring (bicyclic) bond motifs is 1. The molecule has 1 fully saturated rings. The van der Waals surface area contributed by atoms with Crippen molar-refractivity contribution in [2.45, 2.75) is 51.6 Å². The first-order valence-electron chi connectivity index (χ1n) is 9.64. The van der Waals surface area contributed by atoms with E-state index in [0.717, 1.165) is 25.7 Å². The Bertz CT molecular complexity index is 641. The minimum atomic E-state index is -0.254. The first-order chi connectivity index (χ1) is 12.6. The summed E-state index contributed by atoms with van der Waals surface area (Å²) >= 11 is 0. The fourth-order valence-corrected chi connectivity index (χ4v) is 3.85. The van der Waals surface area contributed by atoms with E-state index in [1.54, 1.807) is 4.90 Å². The average Bonchev–Trinajstić information content (AvgIpc) is 2.65. The summed E-state index contributed by atoms with van der Waals surface area (Å²) < 4.78 is 5.04. The van der Waals surface area contributed by atoms with E-state index in [0.29, 0.717) is 32.3 Å². The summed E-state index contributed by atoms with van der Waals surface area (Å²) in [5, 5.41) is 3.15. The number of hydrogen-bond donors (Lipinski definition) is 1. The highest BCUT2D eigenvalue weighted by molar-refractivity contribution is 5.82. The summed E-state index contributed by atoms with van der Waals surface area (Å²) in [5.74, 6) is 0.0585. The smallest absolute Gasteiger partial charge is 0.409 e. The monoisotopic (exact) mass is 359 g/mol. The van der Waals surface area contributed by atoms with Crippen LogP contribution in [0, 0.1) is 0 Å². The van der Waals surface area contributed by atoms with Crippen molar-refractivity contribution in [3.63, 3.8) is 0 Å². The van der Waals surface area contributed by atoms with Crippen LogP contribution in [-0.4, -0.2) is 55.2 Å². The molecule has 3 rings (SSSR count). The topological polar surface area (TPSA) is 61.9 Å². The van der Waals surface area contributed by atoms with Gasteiger partial charge < -0.3 is 19.9 Å². The summed E-state index contributed by atoms with van der Waals surface area (Å²) in [6, 6.07) is 8.84. The molecule has 2 aliphatic heterocycles. The fraction of sp³-hybridized carbons (Fsp3) is 0.600. The molecule has 1 N–H and O–H groups in total. The first kappa shape index (κ1) is 18.5. The molecular formula is C20H29N3O3. The molecule has 0 unspecified atom stereocenters. The van der Waals surface area contributed by atoms with Crippen molar-refractivity contribution in [1.82, 2.24) is 10.2 Å². The Hall–Kier alpha value is -2.24. The predicted molar refractivity (Wildman–Crippen MR) is 101 cm³/mol. The Kier molecular flexibility index (Phi) is 6.01. The van der Waals surface area contributed by atoms with Gasteiger partial charge in [0.25, 0.3) is 0 Å². The quantitative estimate of drug-likeness (QED) is 0.897. The van der Waals surface area contributed by atoms with Crippen molar-refractivity contribution in [3.8, 4) is 0 Å². The molecule has 6 nitrogen and oxygen atoms in total. The van der Waals surface area contributed by atoms with E-state index in [9.17, 15) is 9.59 Å². The molecule has 1 atom stereocenters. The number of hydrogen-bond acceptors (Lipinski definition) is 4. The van der Waals surface area contributed by atoms with Gasteiger partial charge in [0.15, 0.2) is 0 Å². The number of benzene rings is 1. The third-order valence-electron chi connectivity index (χ3n) is 5.36. The van der Waals surface area contributed by atoms with E-state index in [1.807, 2.05) is 13.0 Å². The molecule has 1 aromatic rings. The minimum Gasteiger partial charge on any atom is -0.450 e. The highest BCUT2D eigenvalue weighted by atomic mass is 16.6. The third-order valence-corrected chi connectivity index (χ3v) is 5.36. The number of para-hydroxylation sites is 1.